The van der Waals surface area contributed by atoms with Crippen LogP contribution < -0.4 is 10.5 Å². The molecule has 7 N–H and O–H groups in total. The average molecular weight is 544 g/mol. The summed E-state index contributed by atoms with van der Waals surface area (Å²) in [5.41, 5.74) is 2.37. The Labute approximate surface area is 222 Å². The number of Topliss-reactive ketones (excluding diaryl/α,β-unsaturated/α-hetero) is 1. The third-order valence-electron chi connectivity index (χ3n) is 7.81. The number of phenolic OH excluding ortho intramolecular Hbond substituents is 2. The van der Waals surface area contributed by atoms with Crippen LogP contribution in [0, 0.1) is 0 Å². The van der Waals surface area contributed by atoms with Gasteiger partial charge in [0.1, 0.15) is 29.5 Å². The molecule has 1 heterocycles. The number of methoxy groups -OCH3 is 1. The standard InChI is InChI=1S/C27H29NO11/c1-10-22(31)13(28)6-17(38-10)39-15-8-27(36,16(30)9-29)7-12-19(15)26(35)21-20(24(12)33)23(32)11-4-3-5-14(37-2)18(11)25(21)34/h3-5,10,13,15,17,22,29,31,33,35-36H,6-9,28H2,1-2H3/t10?,13?,15-,17?,22?,27+/m1/s1. The van der Waals surface area contributed by atoms with E-state index in [2.05, 4.69) is 0 Å². The van der Waals surface area contributed by atoms with Gasteiger partial charge >= 0.3 is 0 Å². The number of hydrogen-bond acceptors (Lipinski definition) is 12. The predicted molar refractivity (Wildman–Crippen MR) is 132 cm³/mol. The first-order valence-electron chi connectivity index (χ1n) is 12.4. The molecule has 12 nitrogen and oxygen atoms in total. The van der Waals surface area contributed by atoms with Crippen molar-refractivity contribution < 1.29 is 54.1 Å². The van der Waals surface area contributed by atoms with E-state index in [-0.39, 0.29) is 34.4 Å². The van der Waals surface area contributed by atoms with Crippen molar-refractivity contribution in [2.24, 2.45) is 5.73 Å². The number of nitrogens with two attached hydrogens (primary N) is 1. The number of fused-ring (bicyclic) bond motifs is 3. The zero-order chi connectivity index (χ0) is 28.4. The molecular weight excluding hydrogens is 514 g/mol. The SMILES string of the molecule is COc1cccc2c1C(=O)c1c(O)c3c(c(O)c1C2=O)C[C@@](O)(C(=O)CO)C[C@H]3OC1CC(N)C(O)C(C)O1. The molecule has 5 rings (SSSR count). The topological polar surface area (TPSA) is 206 Å². The maximum atomic E-state index is 13.6. The lowest BCUT2D eigenvalue weighted by Crippen LogP contribution is -2.53. The number of hydrogen-bond donors (Lipinski definition) is 6. The van der Waals surface area contributed by atoms with Gasteiger partial charge in [-0.15, -0.1) is 0 Å². The summed E-state index contributed by atoms with van der Waals surface area (Å²) in [5, 5.41) is 53.7. The van der Waals surface area contributed by atoms with Crippen molar-refractivity contribution in [3.63, 3.8) is 0 Å². The first-order chi connectivity index (χ1) is 18.4. The number of carbonyl (C=O) groups is 3. The first-order valence-corrected chi connectivity index (χ1v) is 12.4. The van der Waals surface area contributed by atoms with Gasteiger partial charge < -0.3 is 45.5 Å². The Morgan fingerprint density at radius 2 is 1.85 bits per heavy atom. The third kappa shape index (κ3) is 4.11. The van der Waals surface area contributed by atoms with Crippen molar-refractivity contribution in [2.45, 2.75) is 62.4 Å². The van der Waals surface area contributed by atoms with Crippen LogP contribution >= 0.6 is 0 Å². The fourth-order valence-corrected chi connectivity index (χ4v) is 5.75. The average Bonchev–Trinajstić information content (AvgIpc) is 2.90. The summed E-state index contributed by atoms with van der Waals surface area (Å²) < 4.78 is 17.0. The zero-order valence-corrected chi connectivity index (χ0v) is 21.2. The van der Waals surface area contributed by atoms with Gasteiger partial charge in [-0.25, -0.2) is 0 Å². The number of ketones is 3. The van der Waals surface area contributed by atoms with Crippen molar-refractivity contribution in [3.8, 4) is 17.2 Å². The fraction of sp³-hybridized carbons (Fsp3) is 0.444. The summed E-state index contributed by atoms with van der Waals surface area (Å²) in [7, 11) is 1.32. The van der Waals surface area contributed by atoms with Gasteiger partial charge in [0, 0.05) is 42.0 Å². The highest BCUT2D eigenvalue weighted by atomic mass is 16.7. The van der Waals surface area contributed by atoms with E-state index >= 15 is 0 Å². The summed E-state index contributed by atoms with van der Waals surface area (Å²) in [6, 6.07) is 3.64. The molecule has 208 valence electrons. The first kappa shape index (κ1) is 27.2. The molecule has 3 aliphatic rings. The summed E-state index contributed by atoms with van der Waals surface area (Å²) in [5.74, 6) is -3.77. The number of aliphatic hydroxyl groups excluding tert-OH is 2. The van der Waals surface area contributed by atoms with E-state index in [1.54, 1.807) is 6.92 Å². The highest BCUT2D eigenvalue weighted by Gasteiger charge is 2.50. The van der Waals surface area contributed by atoms with Crippen LogP contribution in [0.25, 0.3) is 0 Å². The Bertz CT molecular complexity index is 1380. The van der Waals surface area contributed by atoms with E-state index in [1.165, 1.54) is 25.3 Å². The molecule has 2 aliphatic carbocycles. The smallest absolute Gasteiger partial charge is 0.202 e. The number of ether oxygens (including phenoxy) is 3. The molecule has 2 aromatic rings. The second-order valence-electron chi connectivity index (χ2n) is 10.2. The molecule has 4 unspecified atom stereocenters. The van der Waals surface area contributed by atoms with Gasteiger partial charge in [0.25, 0.3) is 0 Å². The molecule has 1 fully saturated rings. The number of aromatic hydroxyl groups is 2. The number of aliphatic hydroxyl groups is 3. The quantitative estimate of drug-likeness (QED) is 0.235. The van der Waals surface area contributed by atoms with Crippen LogP contribution in [-0.2, 0) is 20.7 Å². The van der Waals surface area contributed by atoms with Gasteiger partial charge in [-0.05, 0) is 13.0 Å². The van der Waals surface area contributed by atoms with Crippen LogP contribution in [-0.4, -0.2) is 86.7 Å². The monoisotopic (exact) mass is 543 g/mol. The number of carbonyl (C=O) groups excluding carboxylic acids is 3. The Hall–Kier alpha value is -3.39. The normalized spacial score (nSPS) is 29.8. The number of benzene rings is 2. The molecule has 0 saturated carbocycles. The van der Waals surface area contributed by atoms with Gasteiger partial charge in [-0.2, -0.15) is 0 Å². The van der Waals surface area contributed by atoms with Gasteiger partial charge in [0.2, 0.25) is 5.78 Å². The molecule has 0 aromatic heterocycles. The van der Waals surface area contributed by atoms with Crippen molar-refractivity contribution >= 4 is 17.3 Å². The zero-order valence-electron chi connectivity index (χ0n) is 21.2. The van der Waals surface area contributed by atoms with E-state index in [0.29, 0.717) is 0 Å². The van der Waals surface area contributed by atoms with Crippen LogP contribution in [0.5, 0.6) is 17.2 Å². The minimum Gasteiger partial charge on any atom is -0.507 e. The van der Waals surface area contributed by atoms with Crippen LogP contribution in [0.2, 0.25) is 0 Å². The van der Waals surface area contributed by atoms with Crippen molar-refractivity contribution in [1.82, 2.24) is 0 Å². The maximum absolute atomic E-state index is 13.6. The lowest BCUT2D eigenvalue weighted by Gasteiger charge is -2.42. The Balaban J connectivity index is 1.69. The fourth-order valence-electron chi connectivity index (χ4n) is 5.75. The van der Waals surface area contributed by atoms with Crippen molar-refractivity contribution in [3.05, 3.63) is 51.6 Å². The second kappa shape index (κ2) is 9.66. The highest BCUT2D eigenvalue weighted by molar-refractivity contribution is 6.31. The van der Waals surface area contributed by atoms with E-state index in [9.17, 15) is 39.9 Å². The van der Waals surface area contributed by atoms with Crippen LogP contribution in [0.1, 0.15) is 68.8 Å². The molecular formula is C27H29NO11. The van der Waals surface area contributed by atoms with Crippen LogP contribution in [0.15, 0.2) is 18.2 Å². The van der Waals surface area contributed by atoms with Crippen molar-refractivity contribution in [1.29, 1.82) is 0 Å². The van der Waals surface area contributed by atoms with Gasteiger partial charge in [0.05, 0.1) is 42.1 Å². The second-order valence-corrected chi connectivity index (χ2v) is 10.2. The van der Waals surface area contributed by atoms with E-state index in [0.717, 1.165) is 0 Å². The molecule has 1 aliphatic heterocycles. The van der Waals surface area contributed by atoms with Gasteiger partial charge in [0.15, 0.2) is 17.9 Å². The molecule has 6 atom stereocenters. The summed E-state index contributed by atoms with van der Waals surface area (Å²) in [4.78, 5) is 39.7. The highest BCUT2D eigenvalue weighted by Crippen LogP contribution is 2.52. The Morgan fingerprint density at radius 3 is 2.49 bits per heavy atom. The van der Waals surface area contributed by atoms with Crippen LogP contribution in [0.4, 0.5) is 0 Å². The predicted octanol–water partition coefficient (Wildman–Crippen LogP) is 0.00130. The van der Waals surface area contributed by atoms with Gasteiger partial charge in [-0.3, -0.25) is 14.4 Å². The van der Waals surface area contributed by atoms with Crippen molar-refractivity contribution in [2.75, 3.05) is 13.7 Å². The molecule has 0 spiro atoms. The summed E-state index contributed by atoms with van der Waals surface area (Å²) in [6.45, 7) is 0.560. The van der Waals surface area contributed by atoms with E-state index in [1.807, 2.05) is 0 Å². The number of phenols is 2. The molecule has 12 heteroatoms. The molecule has 0 amide bonds. The summed E-state index contributed by atoms with van der Waals surface area (Å²) >= 11 is 0. The van der Waals surface area contributed by atoms with E-state index < -0.39 is 95.7 Å². The Kier molecular flexibility index (Phi) is 6.74. The molecule has 0 bridgehead atoms. The third-order valence-corrected chi connectivity index (χ3v) is 7.81. The summed E-state index contributed by atoms with van der Waals surface area (Å²) in [6.07, 6.45) is -5.12. The van der Waals surface area contributed by atoms with Gasteiger partial charge in [-0.1, -0.05) is 12.1 Å². The largest absolute Gasteiger partial charge is 0.507 e. The molecule has 1 saturated heterocycles. The minimum absolute atomic E-state index is 0.0173. The molecule has 39 heavy (non-hydrogen) atoms. The van der Waals surface area contributed by atoms with E-state index in [4.69, 9.17) is 19.9 Å². The minimum atomic E-state index is -2.24. The number of rotatable bonds is 5. The molecule has 0 radical (unpaired) electrons. The lowest BCUT2D eigenvalue weighted by molar-refractivity contribution is -0.247. The van der Waals surface area contributed by atoms with Crippen LogP contribution in [0.3, 0.4) is 0 Å². The molecule has 2 aromatic carbocycles. The lowest BCUT2D eigenvalue weighted by atomic mass is 9.72. The Morgan fingerprint density at radius 1 is 1.15 bits per heavy atom. The maximum Gasteiger partial charge on any atom is 0.202 e.